The maximum absolute atomic E-state index is 12.5. The molecular formula is C17H14N2O6S. The highest BCUT2D eigenvalue weighted by Gasteiger charge is 2.22. The molecule has 1 aliphatic heterocycles. The van der Waals surface area contributed by atoms with Crippen LogP contribution in [0.1, 0.15) is 27.6 Å². The number of carbonyl (C=O) groups is 2. The van der Waals surface area contributed by atoms with E-state index >= 15 is 0 Å². The Hall–Kier alpha value is -3.07. The number of carbonyl (C=O) groups excluding carboxylic acids is 2. The minimum absolute atomic E-state index is 0.0341. The normalized spacial score (nSPS) is 11.9. The van der Waals surface area contributed by atoms with Crippen molar-refractivity contribution in [1.82, 2.24) is 0 Å². The van der Waals surface area contributed by atoms with Gasteiger partial charge in [0.1, 0.15) is 0 Å². The number of hydrogen-bond acceptors (Lipinski definition) is 7. The molecule has 1 N–H and O–H groups in total. The largest absolute Gasteiger partial charge is 0.454 e. The zero-order chi connectivity index (χ0) is 18.8. The van der Waals surface area contributed by atoms with Crippen LogP contribution >= 0.6 is 11.8 Å². The van der Waals surface area contributed by atoms with Gasteiger partial charge in [-0.2, -0.15) is 0 Å². The fourth-order valence-corrected chi connectivity index (χ4v) is 3.05. The standard InChI is InChI=1S/C17H14N2O6S/c1-9(20)11-6-14-15(25-8-24-14)7-12(11)18-17(21)10-3-4-16(26-2)13(5-10)19(22)23/h3-7H,8H2,1-2H3,(H,18,21). The van der Waals surface area contributed by atoms with Crippen molar-refractivity contribution in [2.45, 2.75) is 11.8 Å². The number of ketones is 1. The molecule has 134 valence electrons. The van der Waals surface area contributed by atoms with Crippen LogP contribution in [0.5, 0.6) is 11.5 Å². The van der Waals surface area contributed by atoms with Gasteiger partial charge in [0.25, 0.3) is 11.6 Å². The number of Topliss-reactive ketones (excluding diaryl/α,β-unsaturated/α-hetero) is 1. The van der Waals surface area contributed by atoms with E-state index < -0.39 is 10.8 Å². The molecule has 0 spiro atoms. The van der Waals surface area contributed by atoms with E-state index in [0.29, 0.717) is 16.4 Å². The minimum atomic E-state index is -0.567. The Labute approximate surface area is 152 Å². The molecule has 8 nitrogen and oxygen atoms in total. The van der Waals surface area contributed by atoms with Gasteiger partial charge >= 0.3 is 0 Å². The van der Waals surface area contributed by atoms with Gasteiger partial charge in [-0.3, -0.25) is 19.7 Å². The van der Waals surface area contributed by atoms with Crippen LogP contribution in [0.15, 0.2) is 35.2 Å². The molecule has 1 aliphatic rings. The van der Waals surface area contributed by atoms with Gasteiger partial charge in [-0.25, -0.2) is 0 Å². The summed E-state index contributed by atoms with van der Waals surface area (Å²) in [5, 5.41) is 13.8. The lowest BCUT2D eigenvalue weighted by Crippen LogP contribution is -2.14. The molecule has 0 saturated carbocycles. The monoisotopic (exact) mass is 374 g/mol. The Balaban J connectivity index is 1.95. The van der Waals surface area contributed by atoms with Crippen LogP contribution < -0.4 is 14.8 Å². The second-order valence-corrected chi connectivity index (χ2v) is 6.25. The SMILES string of the molecule is CSc1ccc(C(=O)Nc2cc3c(cc2C(C)=O)OCO3)cc1[N+](=O)[O-]. The second kappa shape index (κ2) is 7.04. The lowest BCUT2D eigenvalue weighted by atomic mass is 10.1. The summed E-state index contributed by atoms with van der Waals surface area (Å²) in [5.41, 5.74) is 0.477. The van der Waals surface area contributed by atoms with Crippen molar-refractivity contribution in [2.75, 3.05) is 18.4 Å². The van der Waals surface area contributed by atoms with E-state index in [-0.39, 0.29) is 35.1 Å². The van der Waals surface area contributed by atoms with E-state index in [2.05, 4.69) is 5.32 Å². The lowest BCUT2D eigenvalue weighted by Gasteiger charge is -2.11. The fourth-order valence-electron chi connectivity index (χ4n) is 2.51. The lowest BCUT2D eigenvalue weighted by molar-refractivity contribution is -0.387. The molecule has 0 aromatic heterocycles. The van der Waals surface area contributed by atoms with Gasteiger partial charge in [0.15, 0.2) is 17.3 Å². The average Bonchev–Trinajstić information content (AvgIpc) is 3.07. The number of hydrogen-bond donors (Lipinski definition) is 1. The van der Waals surface area contributed by atoms with Gasteiger partial charge in [-0.05, 0) is 31.4 Å². The Morgan fingerprint density at radius 1 is 1.19 bits per heavy atom. The van der Waals surface area contributed by atoms with Crippen LogP contribution in [0.4, 0.5) is 11.4 Å². The van der Waals surface area contributed by atoms with Gasteiger partial charge in [-0.1, -0.05) is 0 Å². The van der Waals surface area contributed by atoms with Crippen LogP contribution in [-0.2, 0) is 0 Å². The van der Waals surface area contributed by atoms with E-state index in [9.17, 15) is 19.7 Å². The third-order valence-corrected chi connectivity index (χ3v) is 4.56. The third-order valence-electron chi connectivity index (χ3n) is 3.78. The molecule has 0 saturated heterocycles. The van der Waals surface area contributed by atoms with E-state index in [1.54, 1.807) is 6.26 Å². The van der Waals surface area contributed by atoms with E-state index in [0.717, 1.165) is 0 Å². The number of fused-ring (bicyclic) bond motifs is 1. The highest BCUT2D eigenvalue weighted by atomic mass is 32.2. The van der Waals surface area contributed by atoms with E-state index in [4.69, 9.17) is 9.47 Å². The minimum Gasteiger partial charge on any atom is -0.454 e. The van der Waals surface area contributed by atoms with Gasteiger partial charge in [0, 0.05) is 23.3 Å². The smallest absolute Gasteiger partial charge is 0.283 e. The van der Waals surface area contributed by atoms with E-state index in [1.165, 1.54) is 49.0 Å². The number of thioether (sulfide) groups is 1. The van der Waals surface area contributed by atoms with Crippen molar-refractivity contribution >= 4 is 34.8 Å². The van der Waals surface area contributed by atoms with Crippen LogP contribution in [-0.4, -0.2) is 29.7 Å². The molecule has 0 atom stereocenters. The van der Waals surface area contributed by atoms with E-state index in [1.807, 2.05) is 0 Å². The van der Waals surface area contributed by atoms with Crippen molar-refractivity contribution in [3.8, 4) is 11.5 Å². The molecule has 0 unspecified atom stereocenters. The van der Waals surface area contributed by atoms with Gasteiger partial charge < -0.3 is 14.8 Å². The predicted molar refractivity (Wildman–Crippen MR) is 95.4 cm³/mol. The fraction of sp³-hybridized carbons (Fsp3) is 0.176. The number of ether oxygens (including phenoxy) is 2. The van der Waals surface area contributed by atoms with Crippen LogP contribution in [0.3, 0.4) is 0 Å². The van der Waals surface area contributed by atoms with Crippen LogP contribution in [0, 0.1) is 10.1 Å². The molecule has 0 fully saturated rings. The number of benzene rings is 2. The molecule has 9 heteroatoms. The maximum Gasteiger partial charge on any atom is 0.283 e. The molecular weight excluding hydrogens is 360 g/mol. The molecule has 3 rings (SSSR count). The Morgan fingerprint density at radius 3 is 2.50 bits per heavy atom. The quantitative estimate of drug-likeness (QED) is 0.369. The van der Waals surface area contributed by atoms with Crippen molar-refractivity contribution in [3.05, 3.63) is 51.6 Å². The van der Waals surface area contributed by atoms with Crippen LogP contribution in [0.2, 0.25) is 0 Å². The number of nitro groups is 1. The summed E-state index contributed by atoms with van der Waals surface area (Å²) >= 11 is 1.22. The highest BCUT2D eigenvalue weighted by molar-refractivity contribution is 7.98. The zero-order valence-corrected chi connectivity index (χ0v) is 14.7. The maximum atomic E-state index is 12.5. The first-order valence-corrected chi connectivity index (χ1v) is 8.71. The molecule has 2 aromatic carbocycles. The summed E-state index contributed by atoms with van der Waals surface area (Å²) in [6.45, 7) is 1.40. The number of nitrogens with zero attached hydrogens (tertiary/aromatic N) is 1. The summed E-state index contributed by atoms with van der Waals surface area (Å²) in [6.07, 6.45) is 1.72. The zero-order valence-electron chi connectivity index (χ0n) is 13.9. The summed E-state index contributed by atoms with van der Waals surface area (Å²) in [6, 6.07) is 7.22. The topological polar surface area (TPSA) is 108 Å². The average molecular weight is 374 g/mol. The van der Waals surface area contributed by atoms with Crippen molar-refractivity contribution in [2.24, 2.45) is 0 Å². The Morgan fingerprint density at radius 2 is 1.88 bits per heavy atom. The number of nitrogens with one attached hydrogen (secondary N) is 1. The molecule has 0 radical (unpaired) electrons. The molecule has 26 heavy (non-hydrogen) atoms. The molecule has 0 bridgehead atoms. The summed E-state index contributed by atoms with van der Waals surface area (Å²) < 4.78 is 10.5. The first kappa shape index (κ1) is 17.7. The number of nitro benzene ring substituents is 1. The number of amides is 1. The molecule has 0 aliphatic carbocycles. The summed E-state index contributed by atoms with van der Waals surface area (Å²) in [4.78, 5) is 35.5. The van der Waals surface area contributed by atoms with Gasteiger partial charge in [-0.15, -0.1) is 11.8 Å². The highest BCUT2D eigenvalue weighted by Crippen LogP contribution is 2.37. The summed E-state index contributed by atoms with van der Waals surface area (Å²) in [7, 11) is 0. The predicted octanol–water partition coefficient (Wildman–Crippen LogP) is 3.50. The third kappa shape index (κ3) is 3.33. The Bertz CT molecular complexity index is 928. The summed E-state index contributed by atoms with van der Waals surface area (Å²) in [5.74, 6) is 0.00611. The van der Waals surface area contributed by atoms with Crippen molar-refractivity contribution in [1.29, 1.82) is 0 Å². The number of rotatable bonds is 5. The molecule has 2 aromatic rings. The molecule has 1 heterocycles. The van der Waals surface area contributed by atoms with Crippen molar-refractivity contribution < 1.29 is 24.0 Å². The first-order valence-electron chi connectivity index (χ1n) is 7.49. The van der Waals surface area contributed by atoms with Crippen molar-refractivity contribution in [3.63, 3.8) is 0 Å². The molecule has 1 amide bonds. The second-order valence-electron chi connectivity index (χ2n) is 5.41. The Kier molecular flexibility index (Phi) is 4.81. The van der Waals surface area contributed by atoms with Crippen LogP contribution in [0.25, 0.3) is 0 Å². The first-order chi connectivity index (χ1) is 12.4. The van der Waals surface area contributed by atoms with Gasteiger partial charge in [0.2, 0.25) is 6.79 Å². The van der Waals surface area contributed by atoms with Gasteiger partial charge in [0.05, 0.1) is 15.5 Å². The number of anilines is 1.